The number of fused-ring (bicyclic) bond motifs is 1. The molecule has 0 unspecified atom stereocenters. The van der Waals surface area contributed by atoms with Crippen LogP contribution in [0.1, 0.15) is 65.9 Å². The Morgan fingerprint density at radius 1 is 0.950 bits per heavy atom. The molecular formula is C31H35F3O6. The summed E-state index contributed by atoms with van der Waals surface area (Å²) in [6, 6.07) is 10.8. The summed E-state index contributed by atoms with van der Waals surface area (Å²) in [5.74, 6) is -0.592. The predicted octanol–water partition coefficient (Wildman–Crippen LogP) is 8.15. The molecule has 3 rings (SSSR count). The van der Waals surface area contributed by atoms with Gasteiger partial charge in [0.15, 0.2) is 0 Å². The number of carbonyl (C=O) groups excluding carboxylic acids is 1. The molecule has 1 aromatic heterocycles. The third-order valence-electron chi connectivity index (χ3n) is 6.13. The topological polar surface area (TPSA) is 75.0 Å². The van der Waals surface area contributed by atoms with Crippen molar-refractivity contribution in [1.29, 1.82) is 0 Å². The predicted molar refractivity (Wildman–Crippen MR) is 148 cm³/mol. The van der Waals surface area contributed by atoms with Crippen LogP contribution in [-0.4, -0.2) is 23.5 Å². The molecule has 0 saturated carbocycles. The quantitative estimate of drug-likeness (QED) is 0.0963. The van der Waals surface area contributed by atoms with E-state index in [1.165, 1.54) is 24.3 Å². The van der Waals surface area contributed by atoms with Gasteiger partial charge in [-0.1, -0.05) is 38.5 Å². The number of alkyl halides is 3. The maximum atomic E-state index is 13.2. The summed E-state index contributed by atoms with van der Waals surface area (Å²) in [7, 11) is 0. The number of esters is 1. The van der Waals surface area contributed by atoms with E-state index < -0.39 is 34.9 Å². The van der Waals surface area contributed by atoms with E-state index in [9.17, 15) is 22.8 Å². The fourth-order valence-electron chi connectivity index (χ4n) is 4.81. The molecule has 0 atom stereocenters. The number of benzene rings is 2. The van der Waals surface area contributed by atoms with E-state index in [0.717, 1.165) is 25.3 Å². The first kappa shape index (κ1) is 30.8. The van der Waals surface area contributed by atoms with Crippen LogP contribution in [0.3, 0.4) is 0 Å². The molecule has 0 aliphatic rings. The molecule has 0 amide bonds. The second-order valence-corrected chi connectivity index (χ2v) is 10.9. The Hall–Kier alpha value is -3.75. The normalized spacial score (nSPS) is 12.3. The first-order chi connectivity index (χ1) is 18.6. The van der Waals surface area contributed by atoms with Crippen LogP contribution >= 0.6 is 0 Å². The minimum atomic E-state index is -4.93. The number of halogens is 3. The monoisotopic (exact) mass is 560 g/mol. The zero-order valence-corrected chi connectivity index (χ0v) is 23.4. The summed E-state index contributed by atoms with van der Waals surface area (Å²) in [4.78, 5) is 24.6. The highest BCUT2D eigenvalue weighted by atomic mass is 19.4. The van der Waals surface area contributed by atoms with Gasteiger partial charge in [0.1, 0.15) is 28.3 Å². The van der Waals surface area contributed by atoms with Crippen LogP contribution in [0.2, 0.25) is 0 Å². The third kappa shape index (κ3) is 8.63. The van der Waals surface area contributed by atoms with E-state index in [4.69, 9.17) is 13.9 Å². The molecule has 0 N–H and O–H groups in total. The number of hydrogen-bond donors (Lipinski definition) is 0. The maximum Gasteiger partial charge on any atom is 0.573 e. The Balaban J connectivity index is 1.92. The summed E-state index contributed by atoms with van der Waals surface area (Å²) < 4.78 is 61.0. The van der Waals surface area contributed by atoms with Crippen LogP contribution in [0.4, 0.5) is 13.2 Å². The van der Waals surface area contributed by atoms with Gasteiger partial charge in [0.2, 0.25) is 0 Å². The summed E-state index contributed by atoms with van der Waals surface area (Å²) in [5.41, 5.74) is -1.60. The summed E-state index contributed by atoms with van der Waals surface area (Å²) >= 11 is 0. The average molecular weight is 561 g/mol. The van der Waals surface area contributed by atoms with E-state index in [2.05, 4.69) is 11.3 Å². The number of aryl methyl sites for hydroxylation is 1. The molecule has 9 heteroatoms. The minimum absolute atomic E-state index is 0.00928. The Labute approximate surface area is 231 Å². The Morgan fingerprint density at radius 2 is 1.68 bits per heavy atom. The fourth-order valence-corrected chi connectivity index (χ4v) is 4.81. The van der Waals surface area contributed by atoms with Crippen LogP contribution < -0.4 is 15.1 Å². The number of carbonyl (C=O) groups is 1. The Morgan fingerprint density at radius 3 is 2.33 bits per heavy atom. The van der Waals surface area contributed by atoms with E-state index >= 15 is 0 Å². The van der Waals surface area contributed by atoms with Crippen molar-refractivity contribution in [3.63, 3.8) is 0 Å². The van der Waals surface area contributed by atoms with Gasteiger partial charge in [-0.05, 0) is 70.4 Å². The zero-order valence-electron chi connectivity index (χ0n) is 23.4. The van der Waals surface area contributed by atoms with Crippen molar-refractivity contribution in [3.05, 3.63) is 71.1 Å². The highest BCUT2D eigenvalue weighted by Crippen LogP contribution is 2.36. The van der Waals surface area contributed by atoms with Gasteiger partial charge >= 0.3 is 18.0 Å². The molecule has 0 spiro atoms. The van der Waals surface area contributed by atoms with Crippen molar-refractivity contribution in [2.75, 3.05) is 0 Å². The number of hydrogen-bond acceptors (Lipinski definition) is 6. The second kappa shape index (κ2) is 12.2. The maximum absolute atomic E-state index is 13.2. The SMILES string of the molecule is C=CC(=O)OC(C)(C)CC(C)(C)Oc1ccc2cc(-c3ccc(CCCCC)cc3OC(F)(F)F)c(=O)oc2c1. The van der Waals surface area contributed by atoms with E-state index in [0.29, 0.717) is 29.5 Å². The Bertz CT molecular complexity index is 1420. The molecule has 0 radical (unpaired) electrons. The zero-order chi connectivity index (χ0) is 29.7. The van der Waals surface area contributed by atoms with Crippen molar-refractivity contribution < 1.29 is 36.6 Å². The molecule has 0 aliphatic carbocycles. The largest absolute Gasteiger partial charge is 0.573 e. The van der Waals surface area contributed by atoms with Gasteiger partial charge in [0, 0.05) is 29.5 Å². The standard InChI is InChI=1S/C31H35F3O6/c1-7-9-10-11-20-12-15-23(26(16-20)39-31(32,33)34)24-17-21-13-14-22(18-25(21)37-28(24)36)38-29(3,4)19-30(5,6)40-27(35)8-2/h8,12-18H,2,7,9-11,19H2,1,3-6H3. The average Bonchev–Trinajstić information content (AvgIpc) is 2.81. The van der Waals surface area contributed by atoms with Crippen LogP contribution in [0.5, 0.6) is 11.5 Å². The summed E-state index contributed by atoms with van der Waals surface area (Å²) in [6.45, 7) is 12.6. The van der Waals surface area contributed by atoms with Crippen molar-refractivity contribution in [2.45, 2.75) is 84.3 Å². The molecule has 2 aromatic carbocycles. The lowest BCUT2D eigenvalue weighted by Gasteiger charge is -2.34. The lowest BCUT2D eigenvalue weighted by Crippen LogP contribution is -2.40. The highest BCUT2D eigenvalue weighted by molar-refractivity contribution is 5.84. The minimum Gasteiger partial charge on any atom is -0.488 e. The molecule has 3 aromatic rings. The number of rotatable bonds is 12. The third-order valence-corrected chi connectivity index (χ3v) is 6.13. The summed E-state index contributed by atoms with van der Waals surface area (Å²) in [6.07, 6.45) is -0.123. The molecule has 40 heavy (non-hydrogen) atoms. The van der Waals surface area contributed by atoms with E-state index in [1.807, 2.05) is 20.8 Å². The van der Waals surface area contributed by atoms with Gasteiger partial charge in [-0.3, -0.25) is 0 Å². The highest BCUT2D eigenvalue weighted by Gasteiger charge is 2.34. The number of ether oxygens (including phenoxy) is 3. The molecule has 0 aliphatic heterocycles. The van der Waals surface area contributed by atoms with Crippen LogP contribution in [0, 0.1) is 0 Å². The van der Waals surface area contributed by atoms with Gasteiger partial charge in [-0.15, -0.1) is 13.2 Å². The second-order valence-electron chi connectivity index (χ2n) is 10.9. The van der Waals surface area contributed by atoms with Crippen molar-refractivity contribution >= 4 is 16.9 Å². The Kier molecular flexibility index (Phi) is 9.38. The molecule has 6 nitrogen and oxygen atoms in total. The van der Waals surface area contributed by atoms with E-state index in [-0.39, 0.29) is 16.7 Å². The molecule has 0 bridgehead atoms. The lowest BCUT2D eigenvalue weighted by atomic mass is 9.92. The summed E-state index contributed by atoms with van der Waals surface area (Å²) in [5, 5.41) is 0.491. The first-order valence-electron chi connectivity index (χ1n) is 13.1. The molecular weight excluding hydrogens is 525 g/mol. The molecule has 0 fully saturated rings. The number of unbranched alkanes of at least 4 members (excludes halogenated alkanes) is 2. The van der Waals surface area contributed by atoms with Crippen LogP contribution in [0.15, 0.2) is 64.3 Å². The van der Waals surface area contributed by atoms with Gasteiger partial charge in [0.05, 0.1) is 5.56 Å². The fraction of sp³-hybridized carbons (Fsp3) is 0.419. The van der Waals surface area contributed by atoms with Gasteiger partial charge < -0.3 is 18.6 Å². The van der Waals surface area contributed by atoms with E-state index in [1.54, 1.807) is 32.0 Å². The molecule has 1 heterocycles. The smallest absolute Gasteiger partial charge is 0.488 e. The lowest BCUT2D eigenvalue weighted by molar-refractivity contribution is -0.274. The molecule has 216 valence electrons. The van der Waals surface area contributed by atoms with Gasteiger partial charge in [-0.2, -0.15) is 0 Å². The van der Waals surface area contributed by atoms with Crippen molar-refractivity contribution in [2.24, 2.45) is 0 Å². The van der Waals surface area contributed by atoms with Crippen LogP contribution in [-0.2, 0) is 16.0 Å². The van der Waals surface area contributed by atoms with Crippen molar-refractivity contribution in [3.8, 4) is 22.6 Å². The first-order valence-corrected chi connectivity index (χ1v) is 13.1. The van der Waals surface area contributed by atoms with Crippen molar-refractivity contribution in [1.82, 2.24) is 0 Å². The molecule has 0 saturated heterocycles. The van der Waals surface area contributed by atoms with Gasteiger partial charge in [-0.25, -0.2) is 9.59 Å². The van der Waals surface area contributed by atoms with Crippen LogP contribution in [0.25, 0.3) is 22.1 Å². The van der Waals surface area contributed by atoms with Gasteiger partial charge in [0.25, 0.3) is 0 Å².